The van der Waals surface area contributed by atoms with E-state index < -0.39 is 17.0 Å². The van der Waals surface area contributed by atoms with Gasteiger partial charge in [-0.1, -0.05) is 30.2 Å². The number of rotatable bonds is 1. The highest BCUT2D eigenvalue weighted by Crippen LogP contribution is 2.56. The van der Waals surface area contributed by atoms with E-state index in [0.29, 0.717) is 19.3 Å². The second-order valence-corrected chi connectivity index (χ2v) is 5.42. The minimum absolute atomic E-state index is 0.300. The molecule has 2 atom stereocenters. The predicted octanol–water partition coefficient (Wildman–Crippen LogP) is 2.00. The fourth-order valence-corrected chi connectivity index (χ4v) is 3.89. The third kappa shape index (κ3) is 1.10. The summed E-state index contributed by atoms with van der Waals surface area (Å²) < 4.78 is 0. The number of carbonyl (C=O) groups excluding carboxylic acids is 1. The zero-order valence-corrected chi connectivity index (χ0v) is 9.63. The Morgan fingerprint density at radius 3 is 2.59 bits per heavy atom. The van der Waals surface area contributed by atoms with Gasteiger partial charge in [0.1, 0.15) is 11.6 Å². The predicted molar refractivity (Wildman–Crippen MR) is 60.2 cm³/mol. The van der Waals surface area contributed by atoms with E-state index in [1.165, 1.54) is 0 Å². The van der Waals surface area contributed by atoms with E-state index in [1.54, 1.807) is 6.08 Å². The van der Waals surface area contributed by atoms with Crippen LogP contribution in [-0.4, -0.2) is 27.8 Å². The molecule has 92 valence electrons. The van der Waals surface area contributed by atoms with Crippen molar-refractivity contribution in [2.45, 2.75) is 50.1 Å². The van der Waals surface area contributed by atoms with Crippen LogP contribution < -0.4 is 0 Å². The van der Waals surface area contributed by atoms with Gasteiger partial charge in [-0.3, -0.25) is 10.0 Å². The molecule has 0 aromatic carbocycles. The van der Waals surface area contributed by atoms with Gasteiger partial charge in [0.05, 0.1) is 5.41 Å². The average Bonchev–Trinajstić information content (AvgIpc) is 3.01. The van der Waals surface area contributed by atoms with Crippen molar-refractivity contribution in [3.63, 3.8) is 0 Å². The van der Waals surface area contributed by atoms with E-state index in [4.69, 9.17) is 0 Å². The first kappa shape index (κ1) is 10.9. The monoisotopic (exact) mass is 236 g/mol. The van der Waals surface area contributed by atoms with Crippen LogP contribution in [0.5, 0.6) is 0 Å². The molecule has 1 heterocycles. The Morgan fingerprint density at radius 1 is 1.35 bits per heavy atom. The zero-order valence-electron chi connectivity index (χ0n) is 9.63. The fraction of sp³-hybridized carbons (Fsp3) is 0.750. The number of nitrogens with zero attached hydrogens (tertiary/aromatic N) is 2. The molecule has 0 aromatic rings. The fourth-order valence-electron chi connectivity index (χ4n) is 3.89. The van der Waals surface area contributed by atoms with Crippen LogP contribution in [0.25, 0.3) is 0 Å². The van der Waals surface area contributed by atoms with Crippen molar-refractivity contribution in [3.8, 4) is 0 Å². The Balaban J connectivity index is 2.11. The molecule has 3 rings (SSSR count). The van der Waals surface area contributed by atoms with Crippen LogP contribution in [0.2, 0.25) is 0 Å². The lowest BCUT2D eigenvalue weighted by Crippen LogP contribution is -2.46. The highest BCUT2D eigenvalue weighted by Gasteiger charge is 2.68. The van der Waals surface area contributed by atoms with Crippen LogP contribution in [0.4, 0.5) is 0 Å². The van der Waals surface area contributed by atoms with E-state index in [1.807, 2.05) is 6.08 Å². The third-order valence-electron chi connectivity index (χ3n) is 4.73. The van der Waals surface area contributed by atoms with Gasteiger partial charge < -0.3 is 0 Å². The molecule has 2 fully saturated rings. The highest BCUT2D eigenvalue weighted by atomic mass is 16.5. The molecule has 2 aliphatic carbocycles. The van der Waals surface area contributed by atoms with Crippen molar-refractivity contribution < 1.29 is 10.0 Å². The molecule has 0 bridgehead atoms. The first-order valence-electron chi connectivity index (χ1n) is 6.21. The minimum Gasteiger partial charge on any atom is -0.285 e. The molecule has 1 saturated carbocycles. The molecule has 1 amide bonds. The standard InChI is InChI=1S/C12H16N2O3/c15-10-11(5-1-2-6-11)9(13-16)12(14(10)17)7-3-4-8-12/h3,7,9,17H,1-2,4-6,8H2/t9-,12-/m0/s1. The average molecular weight is 236 g/mol. The van der Waals surface area contributed by atoms with Crippen molar-refractivity contribution >= 4 is 5.91 Å². The van der Waals surface area contributed by atoms with Crippen molar-refractivity contribution in [3.05, 3.63) is 17.1 Å². The third-order valence-corrected chi connectivity index (χ3v) is 4.73. The summed E-state index contributed by atoms with van der Waals surface area (Å²) in [5.41, 5.74) is -1.59. The Hall–Kier alpha value is -1.23. The van der Waals surface area contributed by atoms with E-state index in [9.17, 15) is 14.9 Å². The van der Waals surface area contributed by atoms with Crippen LogP contribution in [0, 0.1) is 10.3 Å². The summed E-state index contributed by atoms with van der Waals surface area (Å²) in [4.78, 5) is 23.5. The number of carbonyl (C=O) groups is 1. The Kier molecular flexibility index (Phi) is 2.17. The van der Waals surface area contributed by atoms with Crippen molar-refractivity contribution in [1.82, 2.24) is 5.06 Å². The lowest BCUT2D eigenvalue weighted by Gasteiger charge is -2.31. The van der Waals surface area contributed by atoms with Gasteiger partial charge in [0.15, 0.2) is 0 Å². The number of hydroxylamine groups is 2. The van der Waals surface area contributed by atoms with Crippen LogP contribution >= 0.6 is 0 Å². The molecular formula is C12H16N2O3. The largest absolute Gasteiger partial charge is 0.285 e. The van der Waals surface area contributed by atoms with Crippen LogP contribution in [-0.2, 0) is 4.79 Å². The first-order valence-corrected chi connectivity index (χ1v) is 6.21. The molecule has 5 nitrogen and oxygen atoms in total. The summed E-state index contributed by atoms with van der Waals surface area (Å²) in [5, 5.41) is 14.1. The molecular weight excluding hydrogens is 220 g/mol. The first-order chi connectivity index (χ1) is 8.17. The summed E-state index contributed by atoms with van der Waals surface area (Å²) in [7, 11) is 0. The van der Waals surface area contributed by atoms with Crippen LogP contribution in [0.15, 0.2) is 17.3 Å². The molecule has 3 aliphatic rings. The molecule has 1 N–H and O–H groups in total. The Bertz CT molecular complexity index is 401. The summed E-state index contributed by atoms with van der Waals surface area (Å²) >= 11 is 0. The number of nitroso groups, excluding NO2 is 1. The maximum Gasteiger partial charge on any atom is 0.255 e. The van der Waals surface area contributed by atoms with Gasteiger partial charge in [-0.05, 0) is 25.7 Å². The number of hydrogen-bond acceptors (Lipinski definition) is 4. The van der Waals surface area contributed by atoms with Crippen molar-refractivity contribution in [2.24, 2.45) is 10.6 Å². The van der Waals surface area contributed by atoms with E-state index in [0.717, 1.165) is 24.3 Å². The molecule has 1 aliphatic heterocycles. The molecule has 2 spiro atoms. The van der Waals surface area contributed by atoms with Crippen LogP contribution in [0.1, 0.15) is 38.5 Å². The Morgan fingerprint density at radius 2 is 2.06 bits per heavy atom. The summed E-state index contributed by atoms with van der Waals surface area (Å²) in [6.45, 7) is 0. The van der Waals surface area contributed by atoms with Gasteiger partial charge in [-0.2, -0.15) is 4.91 Å². The smallest absolute Gasteiger partial charge is 0.255 e. The van der Waals surface area contributed by atoms with Crippen molar-refractivity contribution in [1.29, 1.82) is 0 Å². The summed E-state index contributed by atoms with van der Waals surface area (Å²) in [5.74, 6) is -0.300. The molecule has 0 unspecified atom stereocenters. The number of allylic oxidation sites excluding steroid dienone is 1. The second-order valence-electron chi connectivity index (χ2n) is 5.42. The summed E-state index contributed by atoms with van der Waals surface area (Å²) in [6.07, 6.45) is 8.33. The molecule has 1 saturated heterocycles. The van der Waals surface area contributed by atoms with E-state index in [2.05, 4.69) is 5.18 Å². The van der Waals surface area contributed by atoms with Crippen molar-refractivity contribution in [2.75, 3.05) is 0 Å². The molecule has 0 radical (unpaired) electrons. The Labute approximate surface area is 99.4 Å². The van der Waals surface area contributed by atoms with Gasteiger partial charge in [-0.25, -0.2) is 5.06 Å². The van der Waals surface area contributed by atoms with E-state index >= 15 is 0 Å². The minimum atomic E-state index is -0.858. The summed E-state index contributed by atoms with van der Waals surface area (Å²) in [6, 6.07) is -0.631. The van der Waals surface area contributed by atoms with Gasteiger partial charge in [-0.15, -0.1) is 0 Å². The molecule has 0 aromatic heterocycles. The normalized spacial score (nSPS) is 38.8. The van der Waals surface area contributed by atoms with Crippen LogP contribution in [0.3, 0.4) is 0 Å². The van der Waals surface area contributed by atoms with Gasteiger partial charge in [0, 0.05) is 0 Å². The SMILES string of the molecule is O=N[C@H]1C2(CCCC2)C(=O)N(O)[C@]12C=CCC2. The van der Waals surface area contributed by atoms with Gasteiger partial charge >= 0.3 is 0 Å². The zero-order chi connectivity index (χ0) is 12.1. The highest BCUT2D eigenvalue weighted by molar-refractivity contribution is 5.87. The molecule has 5 heteroatoms. The number of hydrogen-bond donors (Lipinski definition) is 1. The maximum atomic E-state index is 12.3. The maximum absolute atomic E-state index is 12.3. The molecule has 17 heavy (non-hydrogen) atoms. The quantitative estimate of drug-likeness (QED) is 0.430. The lowest BCUT2D eigenvalue weighted by molar-refractivity contribution is -0.178. The topological polar surface area (TPSA) is 70.0 Å². The second kappa shape index (κ2) is 3.38. The number of amides is 1. The van der Waals surface area contributed by atoms with Gasteiger partial charge in [0.25, 0.3) is 5.91 Å². The lowest BCUT2D eigenvalue weighted by atomic mass is 9.74. The van der Waals surface area contributed by atoms with Gasteiger partial charge in [0.2, 0.25) is 0 Å². The van der Waals surface area contributed by atoms with E-state index in [-0.39, 0.29) is 5.91 Å².